The van der Waals surface area contributed by atoms with Crippen LogP contribution in [0.3, 0.4) is 0 Å². The molecule has 2 bridgehead atoms. The SMILES string of the molecule is CC(=O)NCCNC(=O)c1cccc(-c2cccc(CN3O[C@@H](CO)[C@@H]([C@H](C)O)[C@H]3C(=O)N[C@H]3C[C@H]4C[C@@H]([C@@H]3C)C4(C)C)c2)c1. The number of rotatable bonds is 11. The minimum atomic E-state index is -0.863. The first-order valence-corrected chi connectivity index (χ1v) is 16.2. The van der Waals surface area contributed by atoms with Gasteiger partial charge >= 0.3 is 0 Å². The maximum atomic E-state index is 14.0. The number of fused-ring (bicyclic) bond motifs is 2. The van der Waals surface area contributed by atoms with E-state index < -0.39 is 24.2 Å². The predicted octanol–water partition coefficient (Wildman–Crippen LogP) is 2.88. The number of aliphatic hydroxyl groups excluding tert-OH is 2. The van der Waals surface area contributed by atoms with Gasteiger partial charge in [-0.05, 0) is 77.8 Å². The number of carbonyl (C=O) groups is 3. The Hall–Kier alpha value is -3.31. The third kappa shape index (κ3) is 6.94. The molecule has 8 atom stereocenters. The Morgan fingerprint density at radius 2 is 1.73 bits per heavy atom. The Morgan fingerprint density at radius 1 is 1.04 bits per heavy atom. The lowest BCUT2D eigenvalue weighted by atomic mass is 9.45. The molecule has 2 aromatic rings. The molecule has 0 spiro atoms. The molecule has 1 aliphatic heterocycles. The molecule has 4 aliphatic rings. The van der Waals surface area contributed by atoms with Crippen LogP contribution in [0.15, 0.2) is 48.5 Å². The molecular weight excluding hydrogens is 572 g/mol. The number of nitrogens with zero attached hydrogens (tertiary/aromatic N) is 1. The fourth-order valence-electron chi connectivity index (χ4n) is 7.87. The van der Waals surface area contributed by atoms with E-state index in [1.165, 1.54) is 13.3 Å². The van der Waals surface area contributed by atoms with Crippen molar-refractivity contribution >= 4 is 17.7 Å². The van der Waals surface area contributed by atoms with Crippen LogP contribution in [0.25, 0.3) is 11.1 Å². The molecule has 3 amide bonds. The number of carbonyl (C=O) groups excluding carboxylic acids is 3. The molecule has 4 fully saturated rings. The standard InChI is InChI=1S/C35H48N4O6/c1-20-28-16-27(35(28,4)5)17-29(20)38-34(44)32-31(21(2)41)30(19-40)45-39(32)18-23-8-6-9-24(14-23)25-10-7-11-26(15-25)33(43)37-13-12-36-22(3)42/h6-11,14-15,20-21,27-32,40-41H,12-13,16-19H2,1-5H3,(H,36,42)(H,37,43)(H,38,44)/t20-,21-,27+,28-,29-,30-,31+,32-/m0/s1. The van der Waals surface area contributed by atoms with E-state index in [2.05, 4.69) is 36.7 Å². The molecule has 0 radical (unpaired) electrons. The number of hydroxylamine groups is 2. The van der Waals surface area contributed by atoms with Crippen LogP contribution in [0, 0.1) is 29.1 Å². The molecular formula is C35H48N4O6. The highest BCUT2D eigenvalue weighted by atomic mass is 16.7. The zero-order valence-electron chi connectivity index (χ0n) is 27.0. The van der Waals surface area contributed by atoms with Crippen molar-refractivity contribution in [2.75, 3.05) is 19.7 Å². The molecule has 244 valence electrons. The lowest BCUT2D eigenvalue weighted by molar-refractivity contribution is -0.183. The summed E-state index contributed by atoms with van der Waals surface area (Å²) >= 11 is 0. The van der Waals surface area contributed by atoms with Gasteiger partial charge < -0.3 is 26.2 Å². The van der Waals surface area contributed by atoms with E-state index in [1.54, 1.807) is 18.1 Å². The van der Waals surface area contributed by atoms with E-state index in [0.29, 0.717) is 41.8 Å². The fourth-order valence-corrected chi connectivity index (χ4v) is 7.87. The van der Waals surface area contributed by atoms with Crippen LogP contribution in [-0.4, -0.2) is 77.0 Å². The molecule has 45 heavy (non-hydrogen) atoms. The van der Waals surface area contributed by atoms with Gasteiger partial charge in [-0.2, -0.15) is 5.06 Å². The second-order valence-electron chi connectivity index (χ2n) is 13.8. The Morgan fingerprint density at radius 3 is 2.38 bits per heavy atom. The normalized spacial score (nSPS) is 29.4. The van der Waals surface area contributed by atoms with Crippen LogP contribution >= 0.6 is 0 Å². The number of amides is 3. The minimum absolute atomic E-state index is 0.0668. The third-order valence-electron chi connectivity index (χ3n) is 10.6. The Bertz CT molecular complexity index is 1400. The quantitative estimate of drug-likeness (QED) is 0.244. The van der Waals surface area contributed by atoms with Gasteiger partial charge in [0.15, 0.2) is 0 Å². The van der Waals surface area contributed by atoms with E-state index in [1.807, 2.05) is 42.5 Å². The summed E-state index contributed by atoms with van der Waals surface area (Å²) in [4.78, 5) is 43.9. The van der Waals surface area contributed by atoms with Crippen molar-refractivity contribution in [2.24, 2.45) is 29.1 Å². The Labute approximate surface area is 265 Å². The van der Waals surface area contributed by atoms with Crippen molar-refractivity contribution in [2.45, 2.75) is 78.3 Å². The number of nitrogens with one attached hydrogen (secondary N) is 3. The molecule has 0 aromatic heterocycles. The second kappa shape index (κ2) is 13.6. The molecule has 2 aromatic carbocycles. The number of aliphatic hydroxyl groups is 2. The van der Waals surface area contributed by atoms with Gasteiger partial charge in [0.1, 0.15) is 12.1 Å². The van der Waals surface area contributed by atoms with Gasteiger partial charge in [0.2, 0.25) is 11.8 Å². The summed E-state index contributed by atoms with van der Waals surface area (Å²) < 4.78 is 0. The zero-order valence-corrected chi connectivity index (χ0v) is 27.0. The van der Waals surface area contributed by atoms with Crippen LogP contribution < -0.4 is 16.0 Å². The molecule has 3 saturated carbocycles. The smallest absolute Gasteiger partial charge is 0.251 e. The van der Waals surface area contributed by atoms with Gasteiger partial charge in [0.25, 0.3) is 5.91 Å². The van der Waals surface area contributed by atoms with Crippen LogP contribution in [0.1, 0.15) is 63.4 Å². The van der Waals surface area contributed by atoms with Crippen molar-refractivity contribution < 1.29 is 29.4 Å². The average Bonchev–Trinajstić information content (AvgIpc) is 3.38. The predicted molar refractivity (Wildman–Crippen MR) is 170 cm³/mol. The fraction of sp³-hybridized carbons (Fsp3) is 0.571. The molecule has 1 heterocycles. The lowest BCUT2D eigenvalue weighted by Gasteiger charge is -2.62. The molecule has 1 saturated heterocycles. The second-order valence-corrected chi connectivity index (χ2v) is 13.8. The van der Waals surface area contributed by atoms with Crippen LogP contribution in [0.2, 0.25) is 0 Å². The van der Waals surface area contributed by atoms with Gasteiger partial charge in [-0.15, -0.1) is 0 Å². The third-order valence-corrected chi connectivity index (χ3v) is 10.6. The summed E-state index contributed by atoms with van der Waals surface area (Å²) in [6.07, 6.45) is 0.588. The van der Waals surface area contributed by atoms with Crippen LogP contribution in [0.5, 0.6) is 0 Å². The zero-order chi connectivity index (χ0) is 32.5. The van der Waals surface area contributed by atoms with E-state index in [9.17, 15) is 24.6 Å². The Kier molecular flexibility index (Phi) is 9.98. The molecule has 6 rings (SSSR count). The summed E-state index contributed by atoms with van der Waals surface area (Å²) in [6, 6.07) is 14.4. The Balaban J connectivity index is 1.31. The van der Waals surface area contributed by atoms with Gasteiger partial charge in [0, 0.05) is 37.5 Å². The van der Waals surface area contributed by atoms with E-state index >= 15 is 0 Å². The van der Waals surface area contributed by atoms with E-state index in [-0.39, 0.29) is 36.9 Å². The van der Waals surface area contributed by atoms with Crippen molar-refractivity contribution in [1.29, 1.82) is 0 Å². The van der Waals surface area contributed by atoms with Gasteiger partial charge in [-0.25, -0.2) is 0 Å². The van der Waals surface area contributed by atoms with E-state index in [4.69, 9.17) is 4.84 Å². The van der Waals surface area contributed by atoms with Crippen LogP contribution in [0.4, 0.5) is 0 Å². The number of benzene rings is 2. The molecule has 5 N–H and O–H groups in total. The summed E-state index contributed by atoms with van der Waals surface area (Å²) in [6.45, 7) is 10.6. The first kappa shape index (κ1) is 33.1. The maximum absolute atomic E-state index is 14.0. The van der Waals surface area contributed by atoms with Crippen molar-refractivity contribution in [3.8, 4) is 11.1 Å². The largest absolute Gasteiger partial charge is 0.394 e. The number of hydrogen-bond acceptors (Lipinski definition) is 7. The summed E-state index contributed by atoms with van der Waals surface area (Å²) in [5.41, 5.74) is 3.43. The van der Waals surface area contributed by atoms with Crippen molar-refractivity contribution in [3.63, 3.8) is 0 Å². The lowest BCUT2D eigenvalue weighted by Crippen LogP contribution is -2.62. The van der Waals surface area contributed by atoms with E-state index in [0.717, 1.165) is 23.1 Å². The average molecular weight is 621 g/mol. The maximum Gasteiger partial charge on any atom is 0.251 e. The molecule has 3 aliphatic carbocycles. The van der Waals surface area contributed by atoms with Crippen molar-refractivity contribution in [3.05, 3.63) is 59.7 Å². The molecule has 10 heteroatoms. The summed E-state index contributed by atoms with van der Waals surface area (Å²) in [5, 5.41) is 31.3. The highest BCUT2D eigenvalue weighted by Crippen LogP contribution is 2.61. The number of hydrogen-bond donors (Lipinski definition) is 5. The molecule has 10 nitrogen and oxygen atoms in total. The first-order valence-electron chi connectivity index (χ1n) is 16.2. The van der Waals surface area contributed by atoms with Crippen molar-refractivity contribution in [1.82, 2.24) is 21.0 Å². The monoisotopic (exact) mass is 620 g/mol. The molecule has 0 unspecified atom stereocenters. The topological polar surface area (TPSA) is 140 Å². The highest BCUT2D eigenvalue weighted by Gasteiger charge is 2.57. The van der Waals surface area contributed by atoms with Gasteiger partial charge in [-0.1, -0.05) is 51.1 Å². The van der Waals surface area contributed by atoms with Crippen LogP contribution in [-0.2, 0) is 21.0 Å². The highest BCUT2D eigenvalue weighted by molar-refractivity contribution is 5.95. The van der Waals surface area contributed by atoms with Gasteiger partial charge in [-0.3, -0.25) is 19.2 Å². The summed E-state index contributed by atoms with van der Waals surface area (Å²) in [7, 11) is 0. The summed E-state index contributed by atoms with van der Waals surface area (Å²) in [5.74, 6) is 0.371. The minimum Gasteiger partial charge on any atom is -0.394 e. The van der Waals surface area contributed by atoms with Gasteiger partial charge in [0.05, 0.1) is 19.3 Å². The first-order chi connectivity index (χ1) is 21.4.